The van der Waals surface area contributed by atoms with Crippen molar-refractivity contribution >= 4 is 29.2 Å². The van der Waals surface area contributed by atoms with Gasteiger partial charge in [-0.25, -0.2) is 15.1 Å². The molecule has 5 aromatic carbocycles. The molecule has 5 aromatic rings. The zero-order valence-corrected chi connectivity index (χ0v) is 35.6. The quantitative estimate of drug-likeness (QED) is 0.0908. The number of hydroxylamine groups is 1. The predicted molar refractivity (Wildman–Crippen MR) is 236 cm³/mol. The Labute approximate surface area is 366 Å². The molecule has 3 aliphatic carbocycles. The second-order valence-corrected chi connectivity index (χ2v) is 17.2. The lowest BCUT2D eigenvalue weighted by Crippen LogP contribution is -2.39. The van der Waals surface area contributed by atoms with E-state index < -0.39 is 5.91 Å². The first-order valence-corrected chi connectivity index (χ1v) is 21.4. The molecule has 63 heavy (non-hydrogen) atoms. The Morgan fingerprint density at radius 2 is 1.00 bits per heavy atom. The van der Waals surface area contributed by atoms with Crippen molar-refractivity contribution in [3.63, 3.8) is 0 Å². The van der Waals surface area contributed by atoms with Gasteiger partial charge in [-0.3, -0.25) is 10.0 Å². The summed E-state index contributed by atoms with van der Waals surface area (Å²) in [7, 11) is 2.78. The summed E-state index contributed by atoms with van der Waals surface area (Å²) in [5, 5.41) is 12.3. The van der Waals surface area contributed by atoms with Crippen LogP contribution in [0.15, 0.2) is 115 Å². The minimum absolute atomic E-state index is 0.0553. The first-order chi connectivity index (χ1) is 30.7. The summed E-state index contributed by atoms with van der Waals surface area (Å²) < 4.78 is 27.4. The lowest BCUT2D eigenvalue weighted by atomic mass is 10.1. The van der Waals surface area contributed by atoms with Gasteiger partial charge < -0.3 is 38.8 Å². The van der Waals surface area contributed by atoms with Crippen LogP contribution in [-0.2, 0) is 29.1 Å². The van der Waals surface area contributed by atoms with E-state index in [1.807, 2.05) is 48.5 Å². The average Bonchev–Trinajstić information content (AvgIpc) is 4.22. The smallest absolute Gasteiger partial charge is 0.337 e. The molecule has 13 nitrogen and oxygen atoms in total. The summed E-state index contributed by atoms with van der Waals surface area (Å²) >= 11 is 0. The van der Waals surface area contributed by atoms with E-state index in [4.69, 9.17) is 28.9 Å². The molecule has 3 fully saturated rings. The Kier molecular flexibility index (Phi) is 11.5. The van der Waals surface area contributed by atoms with Gasteiger partial charge >= 0.3 is 11.9 Å². The maximum atomic E-state index is 11.7. The highest BCUT2D eigenvalue weighted by Gasteiger charge is 2.51. The number of anilines is 2. The average molecular weight is 853 g/mol. The number of nitrogens with zero attached hydrogens (tertiary/aromatic N) is 2. The monoisotopic (exact) mass is 852 g/mol. The third-order valence-corrected chi connectivity index (χ3v) is 13.0. The standard InChI is InChI=1S/C19H19NO3.C18H18N2O3.C13H15NO3/c1-22-18(21)14-7-8-15-12-20(16-5-3-2-4-6-16)19(9-10-19)13-23-17(15)11-14;21-17(19-22)13-6-7-14-11-20(15-4-2-1-3-5-15)18(8-9-18)12-23-16(14)10-13;1-16-12(15)9-2-3-10-7-14-13(4-5-13)8-17-11(10)6-9/h2-8,11H,9-10,12-13H2,1H3;1-7,10,22H,8-9,11-12H2,(H,19,21);2-3,6,14H,4-5,7-8H2,1H3. The number of ether oxygens (including phenoxy) is 5. The fourth-order valence-corrected chi connectivity index (χ4v) is 8.51. The van der Waals surface area contributed by atoms with Crippen LogP contribution in [0.25, 0.3) is 0 Å². The number of hydrogen-bond acceptors (Lipinski definition) is 12. The summed E-state index contributed by atoms with van der Waals surface area (Å²) in [5.41, 5.74) is 9.12. The van der Waals surface area contributed by atoms with Crippen molar-refractivity contribution in [3.8, 4) is 17.2 Å². The van der Waals surface area contributed by atoms with E-state index in [0.717, 1.165) is 79.3 Å². The zero-order valence-electron chi connectivity index (χ0n) is 35.6. The second-order valence-electron chi connectivity index (χ2n) is 17.2. The van der Waals surface area contributed by atoms with Crippen LogP contribution in [0, 0.1) is 0 Å². The van der Waals surface area contributed by atoms with Crippen molar-refractivity contribution in [1.29, 1.82) is 0 Å². The van der Waals surface area contributed by atoms with Gasteiger partial charge in [0.25, 0.3) is 5.91 Å². The van der Waals surface area contributed by atoms with E-state index in [1.54, 1.807) is 35.8 Å². The molecule has 0 aromatic heterocycles. The molecule has 1 amide bonds. The number of fused-ring (bicyclic) bond motifs is 3. The minimum Gasteiger partial charge on any atom is -0.491 e. The lowest BCUT2D eigenvalue weighted by Gasteiger charge is -2.31. The summed E-state index contributed by atoms with van der Waals surface area (Å²) in [4.78, 5) is 39.6. The van der Waals surface area contributed by atoms with E-state index in [2.05, 4.69) is 51.5 Å². The molecule has 326 valence electrons. The maximum Gasteiger partial charge on any atom is 0.337 e. The Bertz CT molecular complexity index is 2360. The Morgan fingerprint density at radius 3 is 1.44 bits per heavy atom. The molecular weight excluding hydrogens is 801 g/mol. The Balaban J connectivity index is 0.000000122. The number of nitrogens with one attached hydrogen (secondary N) is 2. The van der Waals surface area contributed by atoms with Crippen LogP contribution < -0.4 is 34.8 Å². The molecule has 0 saturated heterocycles. The van der Waals surface area contributed by atoms with Crippen molar-refractivity contribution in [2.75, 3.05) is 43.8 Å². The van der Waals surface area contributed by atoms with Crippen molar-refractivity contribution in [1.82, 2.24) is 10.8 Å². The van der Waals surface area contributed by atoms with Crippen LogP contribution in [0.2, 0.25) is 0 Å². The van der Waals surface area contributed by atoms with Gasteiger partial charge in [0.05, 0.1) is 42.0 Å². The Hall–Kier alpha value is -6.57. The third kappa shape index (κ3) is 8.89. The van der Waals surface area contributed by atoms with Gasteiger partial charge in [0, 0.05) is 53.3 Å². The normalized spacial score (nSPS) is 18.5. The van der Waals surface area contributed by atoms with Crippen LogP contribution in [0.5, 0.6) is 17.2 Å². The summed E-state index contributed by atoms with van der Waals surface area (Å²) in [6, 6.07) is 37.2. The molecule has 0 atom stereocenters. The number of esters is 2. The highest BCUT2D eigenvalue weighted by Crippen LogP contribution is 2.49. The molecule has 3 N–H and O–H groups in total. The van der Waals surface area contributed by atoms with E-state index in [-0.39, 0.29) is 28.6 Å². The third-order valence-electron chi connectivity index (χ3n) is 13.0. The van der Waals surface area contributed by atoms with E-state index >= 15 is 0 Å². The van der Waals surface area contributed by atoms with Crippen LogP contribution in [0.3, 0.4) is 0 Å². The minimum atomic E-state index is -0.526. The fraction of sp³-hybridized carbons (Fsp3) is 0.340. The number of rotatable bonds is 5. The fourth-order valence-electron chi connectivity index (χ4n) is 8.51. The van der Waals surface area contributed by atoms with E-state index in [0.29, 0.717) is 36.5 Å². The van der Waals surface area contributed by atoms with Gasteiger partial charge in [-0.1, -0.05) is 54.6 Å². The lowest BCUT2D eigenvalue weighted by molar-refractivity contribution is 0.0591. The predicted octanol–water partition coefficient (Wildman–Crippen LogP) is 7.63. The molecule has 0 bridgehead atoms. The molecule has 3 heterocycles. The van der Waals surface area contributed by atoms with Crippen molar-refractivity contribution in [3.05, 3.63) is 149 Å². The molecule has 11 rings (SSSR count). The number of methoxy groups -OCH3 is 2. The topological polar surface area (TPSA) is 148 Å². The molecule has 13 heteroatoms. The summed E-state index contributed by atoms with van der Waals surface area (Å²) in [5.74, 6) is 1.12. The summed E-state index contributed by atoms with van der Waals surface area (Å²) in [6.07, 6.45) is 6.84. The molecule has 3 aliphatic heterocycles. The van der Waals surface area contributed by atoms with Gasteiger partial charge in [0.2, 0.25) is 0 Å². The highest BCUT2D eigenvalue weighted by molar-refractivity contribution is 5.94. The van der Waals surface area contributed by atoms with Crippen LogP contribution in [0.4, 0.5) is 11.4 Å². The zero-order chi connectivity index (χ0) is 43.6. The summed E-state index contributed by atoms with van der Waals surface area (Å²) in [6.45, 7) is 4.29. The van der Waals surface area contributed by atoms with Crippen LogP contribution in [-0.4, -0.2) is 73.7 Å². The van der Waals surface area contributed by atoms with Crippen molar-refractivity contribution in [2.45, 2.75) is 74.8 Å². The number of hydrogen-bond donors (Lipinski definition) is 3. The molecule has 0 radical (unpaired) electrons. The van der Waals surface area contributed by atoms with Gasteiger partial charge in [-0.15, -0.1) is 0 Å². The van der Waals surface area contributed by atoms with Crippen molar-refractivity contribution < 1.29 is 43.3 Å². The molecule has 3 saturated carbocycles. The molecule has 3 spiro atoms. The first-order valence-electron chi connectivity index (χ1n) is 21.4. The van der Waals surface area contributed by atoms with E-state index in [1.165, 1.54) is 38.4 Å². The van der Waals surface area contributed by atoms with Gasteiger partial charge in [-0.2, -0.15) is 0 Å². The molecular formula is C50H52N4O9. The number of amides is 1. The van der Waals surface area contributed by atoms with Gasteiger partial charge in [0.1, 0.15) is 37.1 Å². The molecule has 0 unspecified atom stereocenters. The molecule has 6 aliphatic rings. The number of para-hydroxylation sites is 2. The Morgan fingerprint density at radius 1 is 0.571 bits per heavy atom. The first kappa shape index (κ1) is 41.8. The highest BCUT2D eigenvalue weighted by atomic mass is 16.5. The van der Waals surface area contributed by atoms with Gasteiger partial charge in [-0.05, 0) is 99.2 Å². The van der Waals surface area contributed by atoms with E-state index in [9.17, 15) is 14.4 Å². The van der Waals surface area contributed by atoms with Crippen molar-refractivity contribution in [2.24, 2.45) is 0 Å². The largest absolute Gasteiger partial charge is 0.491 e. The van der Waals surface area contributed by atoms with Gasteiger partial charge in [0.15, 0.2) is 0 Å². The number of carbonyl (C=O) groups excluding carboxylic acids is 3. The SMILES string of the molecule is COC(=O)c1ccc2c(c1)OCC1(CC1)N(c1ccccc1)C2.COC(=O)c1ccc2c(c1)OCC1(CC1)NC2.O=C(NO)c1ccc2c(c1)OCC1(CC1)N(c1ccccc1)C2. The van der Waals surface area contributed by atoms with Crippen LogP contribution in [0.1, 0.15) is 86.3 Å². The number of benzene rings is 5. The maximum absolute atomic E-state index is 11.7. The number of carbonyl (C=O) groups is 3. The van der Waals surface area contributed by atoms with Crippen LogP contribution >= 0.6 is 0 Å². The second kappa shape index (κ2) is 17.3.